The standard InChI is InChI=1S/C9H12N4/c1-7-4-9-8(5-11-7)12-6-13(9)3-2-10/h4-6H,2-3,10H2,1H3. The molecule has 0 saturated carbocycles. The minimum atomic E-state index is 0.632. The Labute approximate surface area is 76.4 Å². The van der Waals surface area contributed by atoms with Crippen molar-refractivity contribution < 1.29 is 0 Å². The van der Waals surface area contributed by atoms with Crippen molar-refractivity contribution in [2.45, 2.75) is 13.5 Å². The van der Waals surface area contributed by atoms with Crippen molar-refractivity contribution in [3.05, 3.63) is 24.3 Å². The average Bonchev–Trinajstić information content (AvgIpc) is 2.49. The van der Waals surface area contributed by atoms with Crippen LogP contribution in [0.25, 0.3) is 11.0 Å². The number of aryl methyl sites for hydroxylation is 1. The van der Waals surface area contributed by atoms with E-state index in [0.717, 1.165) is 23.3 Å². The zero-order valence-electron chi connectivity index (χ0n) is 7.57. The Morgan fingerprint density at radius 3 is 3.08 bits per heavy atom. The fraction of sp³-hybridized carbons (Fsp3) is 0.333. The maximum atomic E-state index is 5.48. The lowest BCUT2D eigenvalue weighted by Gasteiger charge is -2.00. The van der Waals surface area contributed by atoms with E-state index in [0.29, 0.717) is 6.54 Å². The predicted molar refractivity (Wildman–Crippen MR) is 51.3 cm³/mol. The van der Waals surface area contributed by atoms with E-state index in [2.05, 4.69) is 9.97 Å². The van der Waals surface area contributed by atoms with E-state index in [1.165, 1.54) is 0 Å². The topological polar surface area (TPSA) is 56.7 Å². The Kier molecular flexibility index (Phi) is 1.98. The number of hydrogen-bond acceptors (Lipinski definition) is 3. The molecule has 2 aromatic heterocycles. The third-order valence-corrected chi connectivity index (χ3v) is 2.01. The summed E-state index contributed by atoms with van der Waals surface area (Å²) in [6, 6.07) is 2.03. The van der Waals surface area contributed by atoms with Gasteiger partial charge in [-0.1, -0.05) is 0 Å². The van der Waals surface area contributed by atoms with Gasteiger partial charge in [-0.15, -0.1) is 0 Å². The summed E-state index contributed by atoms with van der Waals surface area (Å²) >= 11 is 0. The van der Waals surface area contributed by atoms with Gasteiger partial charge in [0.25, 0.3) is 0 Å². The fourth-order valence-electron chi connectivity index (χ4n) is 1.38. The molecule has 2 heterocycles. The molecule has 0 bridgehead atoms. The summed E-state index contributed by atoms with van der Waals surface area (Å²) in [7, 11) is 0. The molecule has 13 heavy (non-hydrogen) atoms. The molecule has 0 fully saturated rings. The number of imidazole rings is 1. The van der Waals surface area contributed by atoms with E-state index < -0.39 is 0 Å². The summed E-state index contributed by atoms with van der Waals surface area (Å²) in [5, 5.41) is 0. The summed E-state index contributed by atoms with van der Waals surface area (Å²) < 4.78 is 2.05. The summed E-state index contributed by atoms with van der Waals surface area (Å²) in [6.45, 7) is 3.41. The highest BCUT2D eigenvalue weighted by atomic mass is 15.1. The number of rotatable bonds is 2. The molecule has 0 aromatic carbocycles. The predicted octanol–water partition coefficient (Wildman–Crippen LogP) is 0.698. The molecule has 2 N–H and O–H groups in total. The van der Waals surface area contributed by atoms with Crippen LogP contribution in [0.5, 0.6) is 0 Å². The first-order valence-electron chi connectivity index (χ1n) is 4.29. The van der Waals surface area contributed by atoms with Gasteiger partial charge >= 0.3 is 0 Å². The van der Waals surface area contributed by atoms with Gasteiger partial charge in [0.15, 0.2) is 0 Å². The van der Waals surface area contributed by atoms with Gasteiger partial charge in [-0.25, -0.2) is 4.98 Å². The third kappa shape index (κ3) is 1.40. The number of hydrogen-bond donors (Lipinski definition) is 1. The Bertz CT molecular complexity index is 418. The molecular weight excluding hydrogens is 164 g/mol. The lowest BCUT2D eigenvalue weighted by Crippen LogP contribution is -2.08. The zero-order valence-corrected chi connectivity index (χ0v) is 7.57. The Morgan fingerprint density at radius 1 is 1.46 bits per heavy atom. The number of aromatic nitrogens is 3. The fourth-order valence-corrected chi connectivity index (χ4v) is 1.38. The molecule has 2 aromatic rings. The second-order valence-corrected chi connectivity index (χ2v) is 3.04. The summed E-state index contributed by atoms with van der Waals surface area (Å²) in [6.07, 6.45) is 3.59. The van der Waals surface area contributed by atoms with Crippen LogP contribution in [0.1, 0.15) is 5.69 Å². The monoisotopic (exact) mass is 176 g/mol. The smallest absolute Gasteiger partial charge is 0.107 e. The molecule has 0 amide bonds. The summed E-state index contributed by atoms with van der Waals surface area (Å²) in [4.78, 5) is 8.40. The van der Waals surface area contributed by atoms with E-state index in [1.807, 2.05) is 17.6 Å². The third-order valence-electron chi connectivity index (χ3n) is 2.01. The second-order valence-electron chi connectivity index (χ2n) is 3.04. The van der Waals surface area contributed by atoms with Gasteiger partial charge in [0, 0.05) is 18.8 Å². The van der Waals surface area contributed by atoms with E-state index in [4.69, 9.17) is 5.73 Å². The van der Waals surface area contributed by atoms with Gasteiger partial charge < -0.3 is 10.3 Å². The van der Waals surface area contributed by atoms with E-state index in [-0.39, 0.29) is 0 Å². The van der Waals surface area contributed by atoms with Gasteiger partial charge in [0.1, 0.15) is 5.52 Å². The molecule has 0 saturated heterocycles. The molecule has 0 aliphatic heterocycles. The lowest BCUT2D eigenvalue weighted by atomic mass is 10.3. The van der Waals surface area contributed by atoms with Gasteiger partial charge in [0.2, 0.25) is 0 Å². The van der Waals surface area contributed by atoms with Crippen molar-refractivity contribution in [2.75, 3.05) is 6.54 Å². The van der Waals surface area contributed by atoms with Crippen LogP contribution >= 0.6 is 0 Å². The second kappa shape index (κ2) is 3.14. The molecule has 0 radical (unpaired) electrons. The van der Waals surface area contributed by atoms with Crippen LogP contribution in [-0.2, 0) is 6.54 Å². The van der Waals surface area contributed by atoms with Crippen LogP contribution in [0.2, 0.25) is 0 Å². The zero-order chi connectivity index (χ0) is 9.26. The Hall–Kier alpha value is -1.42. The van der Waals surface area contributed by atoms with Crippen molar-refractivity contribution in [1.29, 1.82) is 0 Å². The van der Waals surface area contributed by atoms with E-state index >= 15 is 0 Å². The highest BCUT2D eigenvalue weighted by molar-refractivity contribution is 5.74. The number of fused-ring (bicyclic) bond motifs is 1. The van der Waals surface area contributed by atoms with Crippen molar-refractivity contribution in [1.82, 2.24) is 14.5 Å². The number of nitrogens with two attached hydrogens (primary N) is 1. The van der Waals surface area contributed by atoms with Crippen LogP contribution in [-0.4, -0.2) is 21.1 Å². The number of nitrogens with zero attached hydrogens (tertiary/aromatic N) is 3. The van der Waals surface area contributed by atoms with Crippen molar-refractivity contribution in [3.63, 3.8) is 0 Å². The maximum absolute atomic E-state index is 5.48. The van der Waals surface area contributed by atoms with Crippen LogP contribution in [0, 0.1) is 6.92 Å². The van der Waals surface area contributed by atoms with Gasteiger partial charge in [-0.05, 0) is 13.0 Å². The van der Waals surface area contributed by atoms with Crippen molar-refractivity contribution in [3.8, 4) is 0 Å². The maximum Gasteiger partial charge on any atom is 0.107 e. The average molecular weight is 176 g/mol. The Morgan fingerprint density at radius 2 is 2.31 bits per heavy atom. The first-order chi connectivity index (χ1) is 6.31. The summed E-state index contributed by atoms with van der Waals surface area (Å²) in [5.41, 5.74) is 8.53. The molecule has 4 heteroatoms. The van der Waals surface area contributed by atoms with Crippen LogP contribution in [0.15, 0.2) is 18.6 Å². The largest absolute Gasteiger partial charge is 0.329 e. The van der Waals surface area contributed by atoms with E-state index in [9.17, 15) is 0 Å². The van der Waals surface area contributed by atoms with Crippen LogP contribution in [0.3, 0.4) is 0 Å². The van der Waals surface area contributed by atoms with Crippen molar-refractivity contribution >= 4 is 11.0 Å². The van der Waals surface area contributed by atoms with Gasteiger partial charge in [0.05, 0.1) is 18.0 Å². The lowest BCUT2D eigenvalue weighted by molar-refractivity contribution is 0.727. The minimum Gasteiger partial charge on any atom is -0.329 e. The molecule has 2 rings (SSSR count). The van der Waals surface area contributed by atoms with Gasteiger partial charge in [-0.2, -0.15) is 0 Å². The quantitative estimate of drug-likeness (QED) is 0.732. The molecule has 68 valence electrons. The highest BCUT2D eigenvalue weighted by Gasteiger charge is 2.01. The molecule has 0 atom stereocenters. The molecule has 4 nitrogen and oxygen atoms in total. The molecule has 0 aliphatic rings. The van der Waals surface area contributed by atoms with Gasteiger partial charge in [-0.3, -0.25) is 4.98 Å². The van der Waals surface area contributed by atoms with E-state index in [1.54, 1.807) is 12.5 Å². The van der Waals surface area contributed by atoms with Crippen LogP contribution in [0.4, 0.5) is 0 Å². The first kappa shape index (κ1) is 8.19. The SMILES string of the molecule is Cc1cc2c(cn1)ncn2CCN. The molecular formula is C9H12N4. The normalized spacial score (nSPS) is 10.9. The number of pyridine rings is 1. The molecule has 0 unspecified atom stereocenters. The summed E-state index contributed by atoms with van der Waals surface area (Å²) in [5.74, 6) is 0. The highest BCUT2D eigenvalue weighted by Crippen LogP contribution is 2.11. The minimum absolute atomic E-state index is 0.632. The Balaban J connectivity index is 2.58. The van der Waals surface area contributed by atoms with Crippen LogP contribution < -0.4 is 5.73 Å². The molecule has 0 aliphatic carbocycles. The van der Waals surface area contributed by atoms with Crippen molar-refractivity contribution in [2.24, 2.45) is 5.73 Å². The molecule has 0 spiro atoms. The first-order valence-corrected chi connectivity index (χ1v) is 4.29.